The Morgan fingerprint density at radius 1 is 1.33 bits per heavy atom. The van der Waals surface area contributed by atoms with Gasteiger partial charge in [-0.1, -0.05) is 18.9 Å². The van der Waals surface area contributed by atoms with Gasteiger partial charge in [0.2, 0.25) is 0 Å². The first kappa shape index (κ1) is 10.9. The summed E-state index contributed by atoms with van der Waals surface area (Å²) in [5.41, 5.74) is 1.27. The molecule has 1 aliphatic carbocycles. The first-order chi connectivity index (χ1) is 7.38. The third-order valence-electron chi connectivity index (χ3n) is 3.14. The second-order valence-corrected chi connectivity index (χ2v) is 5.14. The molecule has 82 valence electrons. The van der Waals surface area contributed by atoms with Crippen LogP contribution in [0.2, 0.25) is 0 Å². The lowest BCUT2D eigenvalue weighted by atomic mass is 10.1. The summed E-state index contributed by atoms with van der Waals surface area (Å²) in [5.74, 6) is 0.905. The van der Waals surface area contributed by atoms with E-state index in [-0.39, 0.29) is 0 Å². The van der Waals surface area contributed by atoms with E-state index in [2.05, 4.69) is 35.8 Å². The van der Waals surface area contributed by atoms with Crippen molar-refractivity contribution in [1.29, 1.82) is 0 Å². The van der Waals surface area contributed by atoms with Crippen molar-refractivity contribution in [2.45, 2.75) is 30.6 Å². The summed E-state index contributed by atoms with van der Waals surface area (Å²) in [5, 5.41) is 3.55. The van der Waals surface area contributed by atoms with Gasteiger partial charge in [-0.15, -0.1) is 11.8 Å². The van der Waals surface area contributed by atoms with E-state index in [0.717, 1.165) is 12.5 Å². The standard InChI is InChI=1S/C13H19NS/c1-15-13-8-4-7-12(9-13)14-10-11-5-2-3-6-11/h4,7-9,11,14H,2-3,5-6,10H2,1H3. The number of hydrogen-bond acceptors (Lipinski definition) is 2. The second-order valence-electron chi connectivity index (χ2n) is 4.26. The van der Waals surface area contributed by atoms with E-state index in [0.29, 0.717) is 0 Å². The van der Waals surface area contributed by atoms with Crippen LogP contribution in [0.15, 0.2) is 29.2 Å². The molecule has 0 saturated heterocycles. The highest BCUT2D eigenvalue weighted by atomic mass is 32.2. The zero-order chi connectivity index (χ0) is 10.5. The van der Waals surface area contributed by atoms with Crippen LogP contribution in [0.1, 0.15) is 25.7 Å². The Bertz CT molecular complexity index is 305. The van der Waals surface area contributed by atoms with E-state index in [4.69, 9.17) is 0 Å². The monoisotopic (exact) mass is 221 g/mol. The van der Waals surface area contributed by atoms with E-state index in [1.165, 1.54) is 36.3 Å². The van der Waals surface area contributed by atoms with Gasteiger partial charge in [0.25, 0.3) is 0 Å². The highest BCUT2D eigenvalue weighted by Crippen LogP contribution is 2.25. The Labute approximate surface area is 96.7 Å². The van der Waals surface area contributed by atoms with Gasteiger partial charge in [-0.3, -0.25) is 0 Å². The van der Waals surface area contributed by atoms with Crippen molar-refractivity contribution in [2.75, 3.05) is 18.1 Å². The van der Waals surface area contributed by atoms with E-state index < -0.39 is 0 Å². The number of rotatable bonds is 4. The molecule has 0 atom stereocenters. The lowest BCUT2D eigenvalue weighted by Crippen LogP contribution is -2.10. The van der Waals surface area contributed by atoms with Crippen molar-refractivity contribution >= 4 is 17.4 Å². The Balaban J connectivity index is 1.86. The molecule has 1 aromatic carbocycles. The van der Waals surface area contributed by atoms with Gasteiger partial charge < -0.3 is 5.32 Å². The molecule has 0 bridgehead atoms. The Morgan fingerprint density at radius 3 is 2.87 bits per heavy atom. The summed E-state index contributed by atoms with van der Waals surface area (Å²) in [6, 6.07) is 8.68. The van der Waals surface area contributed by atoms with Crippen LogP contribution in [-0.2, 0) is 0 Å². The van der Waals surface area contributed by atoms with Crippen LogP contribution >= 0.6 is 11.8 Å². The Kier molecular flexibility index (Phi) is 3.95. The molecule has 1 nitrogen and oxygen atoms in total. The highest BCUT2D eigenvalue weighted by Gasteiger charge is 2.14. The summed E-state index contributed by atoms with van der Waals surface area (Å²) in [7, 11) is 0. The van der Waals surface area contributed by atoms with Gasteiger partial charge in [0.1, 0.15) is 0 Å². The highest BCUT2D eigenvalue weighted by molar-refractivity contribution is 7.98. The van der Waals surface area contributed by atoms with E-state index in [1.807, 2.05) is 0 Å². The van der Waals surface area contributed by atoms with Gasteiger partial charge in [0.15, 0.2) is 0 Å². The molecule has 0 amide bonds. The van der Waals surface area contributed by atoms with Gasteiger partial charge in [0.05, 0.1) is 0 Å². The fourth-order valence-electron chi connectivity index (χ4n) is 2.21. The average Bonchev–Trinajstić information content (AvgIpc) is 2.79. The van der Waals surface area contributed by atoms with Crippen LogP contribution in [-0.4, -0.2) is 12.8 Å². The molecule has 0 aliphatic heterocycles. The quantitative estimate of drug-likeness (QED) is 0.771. The summed E-state index contributed by atoms with van der Waals surface area (Å²) in [4.78, 5) is 1.34. The van der Waals surface area contributed by atoms with Crippen LogP contribution in [0.4, 0.5) is 5.69 Å². The minimum atomic E-state index is 0.905. The SMILES string of the molecule is CSc1cccc(NCC2CCCC2)c1. The first-order valence-electron chi connectivity index (χ1n) is 5.76. The van der Waals surface area contributed by atoms with Crippen molar-refractivity contribution in [3.63, 3.8) is 0 Å². The smallest absolute Gasteiger partial charge is 0.0351 e. The molecule has 1 N–H and O–H groups in total. The molecule has 1 saturated carbocycles. The van der Waals surface area contributed by atoms with Gasteiger partial charge in [0, 0.05) is 17.1 Å². The minimum Gasteiger partial charge on any atom is -0.385 e. The lowest BCUT2D eigenvalue weighted by Gasteiger charge is -2.12. The summed E-state index contributed by atoms with van der Waals surface area (Å²) >= 11 is 1.80. The third kappa shape index (κ3) is 3.16. The Morgan fingerprint density at radius 2 is 2.13 bits per heavy atom. The van der Waals surface area contributed by atoms with Gasteiger partial charge in [-0.05, 0) is 43.2 Å². The fourth-order valence-corrected chi connectivity index (χ4v) is 2.67. The molecule has 0 heterocycles. The number of thioether (sulfide) groups is 1. The fraction of sp³-hybridized carbons (Fsp3) is 0.538. The summed E-state index contributed by atoms with van der Waals surface area (Å²) < 4.78 is 0. The summed E-state index contributed by atoms with van der Waals surface area (Å²) in [6.07, 6.45) is 7.80. The molecule has 0 spiro atoms. The molecule has 1 fully saturated rings. The van der Waals surface area contributed by atoms with E-state index in [9.17, 15) is 0 Å². The predicted molar refractivity (Wildman–Crippen MR) is 68.7 cm³/mol. The number of benzene rings is 1. The van der Waals surface area contributed by atoms with Crippen LogP contribution in [0, 0.1) is 5.92 Å². The average molecular weight is 221 g/mol. The molecule has 1 aliphatic rings. The van der Waals surface area contributed by atoms with Gasteiger partial charge in [-0.25, -0.2) is 0 Å². The molecule has 1 aromatic rings. The van der Waals surface area contributed by atoms with Gasteiger partial charge in [-0.2, -0.15) is 0 Å². The lowest BCUT2D eigenvalue weighted by molar-refractivity contribution is 0.580. The van der Waals surface area contributed by atoms with Crippen molar-refractivity contribution in [3.8, 4) is 0 Å². The third-order valence-corrected chi connectivity index (χ3v) is 3.86. The Hall–Kier alpha value is -0.630. The maximum atomic E-state index is 3.55. The van der Waals surface area contributed by atoms with E-state index in [1.54, 1.807) is 11.8 Å². The molecule has 15 heavy (non-hydrogen) atoms. The largest absolute Gasteiger partial charge is 0.385 e. The molecule has 0 radical (unpaired) electrons. The molecular weight excluding hydrogens is 202 g/mol. The zero-order valence-electron chi connectivity index (χ0n) is 9.33. The maximum Gasteiger partial charge on any atom is 0.0351 e. The van der Waals surface area contributed by atoms with E-state index >= 15 is 0 Å². The predicted octanol–water partition coefficient (Wildman–Crippen LogP) is 4.01. The van der Waals surface area contributed by atoms with Crippen LogP contribution in [0.3, 0.4) is 0 Å². The molecular formula is C13H19NS. The van der Waals surface area contributed by atoms with Crippen molar-refractivity contribution in [2.24, 2.45) is 5.92 Å². The summed E-state index contributed by atoms with van der Waals surface area (Å²) in [6.45, 7) is 1.15. The number of hydrogen-bond donors (Lipinski definition) is 1. The van der Waals surface area contributed by atoms with Crippen molar-refractivity contribution < 1.29 is 0 Å². The molecule has 2 heteroatoms. The van der Waals surface area contributed by atoms with Crippen molar-refractivity contribution in [3.05, 3.63) is 24.3 Å². The second kappa shape index (κ2) is 5.45. The van der Waals surface area contributed by atoms with Gasteiger partial charge >= 0.3 is 0 Å². The number of nitrogens with one attached hydrogen (secondary N) is 1. The molecule has 2 rings (SSSR count). The van der Waals surface area contributed by atoms with Crippen molar-refractivity contribution in [1.82, 2.24) is 0 Å². The number of anilines is 1. The van der Waals surface area contributed by atoms with Crippen LogP contribution < -0.4 is 5.32 Å². The zero-order valence-corrected chi connectivity index (χ0v) is 10.1. The minimum absolute atomic E-state index is 0.905. The normalized spacial score (nSPS) is 16.9. The topological polar surface area (TPSA) is 12.0 Å². The van der Waals surface area contributed by atoms with Crippen LogP contribution in [0.5, 0.6) is 0 Å². The molecule has 0 unspecified atom stereocenters. The van der Waals surface area contributed by atoms with Crippen LogP contribution in [0.25, 0.3) is 0 Å². The maximum absolute atomic E-state index is 3.55. The molecule has 0 aromatic heterocycles. The first-order valence-corrected chi connectivity index (χ1v) is 6.99.